The Balaban J connectivity index is 1.88. The summed E-state index contributed by atoms with van der Waals surface area (Å²) in [4.78, 5) is 11.7. The number of sulfonamides is 1. The van der Waals surface area contributed by atoms with Gasteiger partial charge in [0.1, 0.15) is 12.3 Å². The first kappa shape index (κ1) is 17.5. The molecule has 122 valence electrons. The third-order valence-electron chi connectivity index (χ3n) is 2.93. The summed E-state index contributed by atoms with van der Waals surface area (Å²) in [5.74, 6) is -0.524. The first-order valence-corrected chi connectivity index (χ1v) is 8.86. The van der Waals surface area contributed by atoms with Crippen molar-refractivity contribution in [3.63, 3.8) is 0 Å². The monoisotopic (exact) mass is 353 g/mol. The van der Waals surface area contributed by atoms with Crippen LogP contribution in [0.15, 0.2) is 48.5 Å². The quantitative estimate of drug-likeness (QED) is 0.640. The fourth-order valence-electron chi connectivity index (χ4n) is 1.87. The second-order valence-corrected chi connectivity index (χ2v) is 7.24. The van der Waals surface area contributed by atoms with Gasteiger partial charge in [-0.15, -0.1) is 0 Å². The van der Waals surface area contributed by atoms with Crippen molar-refractivity contribution in [1.82, 2.24) is 4.72 Å². The highest BCUT2D eigenvalue weighted by Gasteiger charge is 2.14. The van der Waals surface area contributed by atoms with E-state index in [9.17, 15) is 13.2 Å². The molecule has 2 aromatic rings. The van der Waals surface area contributed by atoms with Gasteiger partial charge in [-0.2, -0.15) is 0 Å². The molecule has 0 aliphatic rings. The number of benzene rings is 2. The Morgan fingerprint density at radius 2 is 1.87 bits per heavy atom. The van der Waals surface area contributed by atoms with Crippen molar-refractivity contribution < 1.29 is 17.9 Å². The highest BCUT2D eigenvalue weighted by molar-refractivity contribution is 7.88. The van der Waals surface area contributed by atoms with Crippen molar-refractivity contribution in [3.05, 3.63) is 64.7 Å². The van der Waals surface area contributed by atoms with Gasteiger partial charge in [-0.3, -0.25) is 4.79 Å². The largest absolute Gasteiger partial charge is 0.426 e. The maximum absolute atomic E-state index is 11.9. The predicted molar refractivity (Wildman–Crippen MR) is 88.9 cm³/mol. The standard InChI is InChI=1S/C16H16ClNO4S/c1-12-3-2-4-15(9-12)22-16(19)10-18-23(20,21)11-13-5-7-14(17)8-6-13/h2-9,18H,10-11H2,1H3. The summed E-state index contributed by atoms with van der Waals surface area (Å²) >= 11 is 5.75. The molecule has 2 aromatic carbocycles. The van der Waals surface area contributed by atoms with Crippen LogP contribution in [0.4, 0.5) is 0 Å². The molecule has 0 heterocycles. The molecule has 0 unspecified atom stereocenters. The van der Waals surface area contributed by atoms with E-state index in [4.69, 9.17) is 16.3 Å². The number of aryl methyl sites for hydroxylation is 1. The molecule has 23 heavy (non-hydrogen) atoms. The lowest BCUT2D eigenvalue weighted by Crippen LogP contribution is -2.32. The van der Waals surface area contributed by atoms with E-state index in [2.05, 4.69) is 4.72 Å². The van der Waals surface area contributed by atoms with Crippen LogP contribution in [-0.2, 0) is 20.6 Å². The number of esters is 1. The summed E-state index contributed by atoms with van der Waals surface area (Å²) in [6.07, 6.45) is 0. The van der Waals surface area contributed by atoms with E-state index >= 15 is 0 Å². The molecule has 0 fully saturated rings. The highest BCUT2D eigenvalue weighted by Crippen LogP contribution is 2.13. The van der Waals surface area contributed by atoms with E-state index in [0.717, 1.165) is 5.56 Å². The predicted octanol–water partition coefficient (Wildman–Crippen LogP) is 2.67. The normalized spacial score (nSPS) is 11.2. The zero-order chi connectivity index (χ0) is 16.9. The lowest BCUT2D eigenvalue weighted by Gasteiger charge is -2.08. The van der Waals surface area contributed by atoms with Gasteiger partial charge in [0, 0.05) is 5.02 Å². The maximum atomic E-state index is 11.9. The van der Waals surface area contributed by atoms with Crippen LogP contribution in [0.1, 0.15) is 11.1 Å². The molecule has 0 spiro atoms. The molecular formula is C16H16ClNO4S. The zero-order valence-electron chi connectivity index (χ0n) is 12.5. The van der Waals surface area contributed by atoms with Gasteiger partial charge in [0.25, 0.3) is 0 Å². The first-order chi connectivity index (χ1) is 10.8. The Morgan fingerprint density at radius 1 is 1.17 bits per heavy atom. The van der Waals surface area contributed by atoms with Crippen LogP contribution in [0.25, 0.3) is 0 Å². The van der Waals surface area contributed by atoms with Crippen LogP contribution in [0.5, 0.6) is 5.75 Å². The van der Waals surface area contributed by atoms with Crippen LogP contribution in [0.3, 0.4) is 0 Å². The van der Waals surface area contributed by atoms with Gasteiger partial charge >= 0.3 is 5.97 Å². The van der Waals surface area contributed by atoms with Crippen molar-refractivity contribution in [2.45, 2.75) is 12.7 Å². The van der Waals surface area contributed by atoms with Gasteiger partial charge in [-0.25, -0.2) is 13.1 Å². The third kappa shape index (κ3) is 6.02. The number of nitrogens with one attached hydrogen (secondary N) is 1. The minimum atomic E-state index is -3.64. The van der Waals surface area contributed by atoms with E-state index in [1.54, 1.807) is 42.5 Å². The van der Waals surface area contributed by atoms with E-state index < -0.39 is 22.5 Å². The van der Waals surface area contributed by atoms with Gasteiger partial charge in [0.05, 0.1) is 5.75 Å². The first-order valence-electron chi connectivity index (χ1n) is 6.83. The summed E-state index contributed by atoms with van der Waals surface area (Å²) in [5.41, 5.74) is 1.52. The number of hydrogen-bond acceptors (Lipinski definition) is 4. The topological polar surface area (TPSA) is 72.5 Å². The smallest absolute Gasteiger partial charge is 0.326 e. The Kier molecular flexibility index (Phi) is 5.76. The fourth-order valence-corrected chi connectivity index (χ4v) is 3.06. The minimum Gasteiger partial charge on any atom is -0.426 e. The second kappa shape index (κ2) is 7.59. The number of hydrogen-bond donors (Lipinski definition) is 1. The number of carbonyl (C=O) groups excluding carboxylic acids is 1. The van der Waals surface area contributed by atoms with Crippen LogP contribution >= 0.6 is 11.6 Å². The molecule has 5 nitrogen and oxygen atoms in total. The van der Waals surface area contributed by atoms with Gasteiger partial charge in [-0.05, 0) is 42.3 Å². The van der Waals surface area contributed by atoms with Crippen LogP contribution in [-0.4, -0.2) is 20.9 Å². The van der Waals surface area contributed by atoms with Crippen molar-refractivity contribution >= 4 is 27.6 Å². The molecule has 0 amide bonds. The molecule has 2 rings (SSSR count). The number of rotatable bonds is 6. The van der Waals surface area contributed by atoms with Crippen molar-refractivity contribution in [1.29, 1.82) is 0 Å². The van der Waals surface area contributed by atoms with Gasteiger partial charge < -0.3 is 4.74 Å². The molecule has 0 radical (unpaired) electrons. The van der Waals surface area contributed by atoms with E-state index in [-0.39, 0.29) is 5.75 Å². The zero-order valence-corrected chi connectivity index (χ0v) is 14.0. The Bertz CT molecular complexity index is 788. The van der Waals surface area contributed by atoms with Gasteiger partial charge in [0.15, 0.2) is 0 Å². The molecule has 0 saturated carbocycles. The molecule has 0 bridgehead atoms. The van der Waals surface area contributed by atoms with Crippen LogP contribution in [0, 0.1) is 6.92 Å². The average molecular weight is 354 g/mol. The summed E-state index contributed by atoms with van der Waals surface area (Å²) in [7, 11) is -3.64. The lowest BCUT2D eigenvalue weighted by molar-refractivity contribution is -0.133. The van der Waals surface area contributed by atoms with Crippen molar-refractivity contribution in [2.24, 2.45) is 0 Å². The third-order valence-corrected chi connectivity index (χ3v) is 4.48. The summed E-state index contributed by atoms with van der Waals surface area (Å²) in [6, 6.07) is 13.4. The summed E-state index contributed by atoms with van der Waals surface area (Å²) in [5, 5.41) is 0.529. The molecule has 0 aliphatic heterocycles. The summed E-state index contributed by atoms with van der Waals surface area (Å²) < 4.78 is 31.2. The van der Waals surface area contributed by atoms with Crippen molar-refractivity contribution in [3.8, 4) is 5.75 Å². The number of halogens is 1. The van der Waals surface area contributed by atoms with Gasteiger partial charge in [-0.1, -0.05) is 35.9 Å². The summed E-state index contributed by atoms with van der Waals surface area (Å²) in [6.45, 7) is 1.44. The molecule has 7 heteroatoms. The Morgan fingerprint density at radius 3 is 2.52 bits per heavy atom. The minimum absolute atomic E-state index is 0.234. The number of carbonyl (C=O) groups is 1. The van der Waals surface area contributed by atoms with Gasteiger partial charge in [0.2, 0.25) is 10.0 Å². The molecular weight excluding hydrogens is 338 g/mol. The molecule has 0 atom stereocenters. The Labute approximate surface area is 140 Å². The maximum Gasteiger partial charge on any atom is 0.326 e. The highest BCUT2D eigenvalue weighted by atomic mass is 35.5. The van der Waals surface area contributed by atoms with E-state index in [1.807, 2.05) is 13.0 Å². The molecule has 0 aromatic heterocycles. The van der Waals surface area contributed by atoms with Crippen molar-refractivity contribution in [2.75, 3.05) is 6.54 Å². The number of ether oxygens (including phenoxy) is 1. The second-order valence-electron chi connectivity index (χ2n) is 5.00. The van der Waals surface area contributed by atoms with E-state index in [1.165, 1.54) is 0 Å². The molecule has 0 aliphatic carbocycles. The van der Waals surface area contributed by atoms with Crippen LogP contribution in [0.2, 0.25) is 5.02 Å². The fraction of sp³-hybridized carbons (Fsp3) is 0.188. The van der Waals surface area contributed by atoms with E-state index in [0.29, 0.717) is 16.3 Å². The molecule has 0 saturated heterocycles. The average Bonchev–Trinajstić information content (AvgIpc) is 2.48. The van der Waals surface area contributed by atoms with Crippen LogP contribution < -0.4 is 9.46 Å². The SMILES string of the molecule is Cc1cccc(OC(=O)CNS(=O)(=O)Cc2ccc(Cl)cc2)c1. The lowest BCUT2D eigenvalue weighted by atomic mass is 10.2. The molecule has 1 N–H and O–H groups in total. The Hall–Kier alpha value is -1.89.